The zero-order chi connectivity index (χ0) is 14.1. The van der Waals surface area contributed by atoms with Crippen molar-refractivity contribution < 1.29 is 0 Å². The highest BCUT2D eigenvalue weighted by Crippen LogP contribution is 2.24. The Balaban J connectivity index is 2.17. The average molecular weight is 263 g/mol. The topological polar surface area (TPSA) is 51.8 Å². The first-order valence-electron chi connectivity index (χ1n) is 6.81. The highest BCUT2D eigenvalue weighted by molar-refractivity contribution is 5.86. The van der Waals surface area contributed by atoms with Crippen molar-refractivity contribution in [2.75, 3.05) is 5.73 Å². The maximum Gasteiger partial charge on any atom is 0.161 e. The summed E-state index contributed by atoms with van der Waals surface area (Å²) in [4.78, 5) is 9.06. The highest BCUT2D eigenvalue weighted by atomic mass is 15.0. The molecule has 0 saturated heterocycles. The van der Waals surface area contributed by atoms with Gasteiger partial charge in [0.05, 0.1) is 0 Å². The van der Waals surface area contributed by atoms with Gasteiger partial charge in [0.15, 0.2) is 5.82 Å². The SMILES string of the molecule is CCc1nc(-c2ccc3ccccc3c2)nc(N)c1C. The Morgan fingerprint density at radius 3 is 2.50 bits per heavy atom. The summed E-state index contributed by atoms with van der Waals surface area (Å²) in [5.74, 6) is 1.27. The molecule has 0 atom stereocenters. The number of hydrogen-bond donors (Lipinski definition) is 1. The third-order valence-corrected chi connectivity index (χ3v) is 3.63. The molecule has 2 aromatic carbocycles. The van der Waals surface area contributed by atoms with Gasteiger partial charge in [0.1, 0.15) is 5.82 Å². The van der Waals surface area contributed by atoms with Crippen molar-refractivity contribution in [3.8, 4) is 11.4 Å². The summed E-state index contributed by atoms with van der Waals surface area (Å²) in [5.41, 5.74) is 9.00. The van der Waals surface area contributed by atoms with Crippen LogP contribution in [-0.4, -0.2) is 9.97 Å². The molecule has 20 heavy (non-hydrogen) atoms. The van der Waals surface area contributed by atoms with Crippen molar-refractivity contribution in [1.82, 2.24) is 9.97 Å². The van der Waals surface area contributed by atoms with Crippen molar-refractivity contribution in [3.05, 3.63) is 53.7 Å². The normalized spacial score (nSPS) is 10.9. The number of aryl methyl sites for hydroxylation is 1. The minimum Gasteiger partial charge on any atom is -0.383 e. The van der Waals surface area contributed by atoms with Crippen LogP contribution in [0.25, 0.3) is 22.2 Å². The lowest BCUT2D eigenvalue weighted by atomic mass is 10.1. The molecule has 0 aliphatic rings. The minimum atomic E-state index is 0.569. The predicted molar refractivity (Wildman–Crippen MR) is 83.5 cm³/mol. The van der Waals surface area contributed by atoms with Crippen LogP contribution in [0.1, 0.15) is 18.2 Å². The summed E-state index contributed by atoms with van der Waals surface area (Å²) in [7, 11) is 0. The number of nitrogens with zero attached hydrogens (tertiary/aromatic N) is 2. The van der Waals surface area contributed by atoms with Crippen LogP contribution >= 0.6 is 0 Å². The van der Waals surface area contributed by atoms with Crippen LogP contribution in [0.2, 0.25) is 0 Å². The van der Waals surface area contributed by atoms with Gasteiger partial charge in [-0.25, -0.2) is 9.97 Å². The molecule has 0 fully saturated rings. The zero-order valence-corrected chi connectivity index (χ0v) is 11.7. The molecule has 3 nitrogen and oxygen atoms in total. The van der Waals surface area contributed by atoms with Crippen LogP contribution < -0.4 is 5.73 Å². The standard InChI is InChI=1S/C17H17N3/c1-3-15-11(2)16(18)20-17(19-15)14-9-8-12-6-4-5-7-13(12)10-14/h4-10H,3H2,1-2H3,(H2,18,19,20). The lowest BCUT2D eigenvalue weighted by Crippen LogP contribution is -2.04. The lowest BCUT2D eigenvalue weighted by molar-refractivity contribution is 0.982. The van der Waals surface area contributed by atoms with Gasteiger partial charge in [0.25, 0.3) is 0 Å². The molecule has 3 aromatic rings. The van der Waals surface area contributed by atoms with Crippen LogP contribution in [-0.2, 0) is 6.42 Å². The Labute approximate surface area is 118 Å². The van der Waals surface area contributed by atoms with Crippen molar-refractivity contribution in [2.24, 2.45) is 0 Å². The average Bonchev–Trinajstić information content (AvgIpc) is 2.49. The first-order valence-corrected chi connectivity index (χ1v) is 6.81. The number of nitrogen functional groups attached to an aromatic ring is 1. The number of aromatic nitrogens is 2. The largest absolute Gasteiger partial charge is 0.383 e. The number of anilines is 1. The first-order chi connectivity index (χ1) is 9.69. The van der Waals surface area contributed by atoms with E-state index in [4.69, 9.17) is 5.73 Å². The van der Waals surface area contributed by atoms with Gasteiger partial charge in [0.2, 0.25) is 0 Å². The molecular weight excluding hydrogens is 246 g/mol. The lowest BCUT2D eigenvalue weighted by Gasteiger charge is -2.09. The molecule has 3 rings (SSSR count). The fourth-order valence-electron chi connectivity index (χ4n) is 2.38. The summed E-state index contributed by atoms with van der Waals surface area (Å²) in [5, 5.41) is 2.40. The maximum absolute atomic E-state index is 6.00. The number of fused-ring (bicyclic) bond motifs is 1. The van der Waals surface area contributed by atoms with Gasteiger partial charge >= 0.3 is 0 Å². The first kappa shape index (κ1) is 12.6. The van der Waals surface area contributed by atoms with Gasteiger partial charge in [-0.1, -0.05) is 43.3 Å². The number of benzene rings is 2. The molecule has 1 aromatic heterocycles. The highest BCUT2D eigenvalue weighted by Gasteiger charge is 2.09. The van der Waals surface area contributed by atoms with Gasteiger partial charge in [0, 0.05) is 16.8 Å². The summed E-state index contributed by atoms with van der Waals surface area (Å²) < 4.78 is 0. The van der Waals surface area contributed by atoms with Gasteiger partial charge in [-0.05, 0) is 30.2 Å². The van der Waals surface area contributed by atoms with Crippen molar-refractivity contribution in [2.45, 2.75) is 20.3 Å². The van der Waals surface area contributed by atoms with Gasteiger partial charge in [-0.2, -0.15) is 0 Å². The molecule has 0 bridgehead atoms. The van der Waals surface area contributed by atoms with E-state index in [0.29, 0.717) is 11.6 Å². The van der Waals surface area contributed by atoms with Crippen molar-refractivity contribution in [1.29, 1.82) is 0 Å². The number of nitrogens with two attached hydrogens (primary N) is 1. The van der Waals surface area contributed by atoms with Gasteiger partial charge in [-0.15, -0.1) is 0 Å². The fraction of sp³-hybridized carbons (Fsp3) is 0.176. The van der Waals surface area contributed by atoms with E-state index in [9.17, 15) is 0 Å². The molecule has 1 heterocycles. The summed E-state index contributed by atoms with van der Waals surface area (Å²) >= 11 is 0. The Morgan fingerprint density at radius 2 is 1.75 bits per heavy atom. The van der Waals surface area contributed by atoms with Crippen molar-refractivity contribution >= 4 is 16.6 Å². The van der Waals surface area contributed by atoms with Gasteiger partial charge in [-0.3, -0.25) is 0 Å². The molecule has 0 amide bonds. The van der Waals surface area contributed by atoms with Crippen LogP contribution in [0.4, 0.5) is 5.82 Å². The molecule has 0 radical (unpaired) electrons. The van der Waals surface area contributed by atoms with Crippen LogP contribution in [0.3, 0.4) is 0 Å². The van der Waals surface area contributed by atoms with E-state index in [0.717, 1.165) is 23.2 Å². The van der Waals surface area contributed by atoms with E-state index < -0.39 is 0 Å². The second kappa shape index (κ2) is 4.93. The predicted octanol–water partition coefficient (Wildman–Crippen LogP) is 3.75. The molecule has 3 heteroatoms. The van der Waals surface area contributed by atoms with E-state index in [-0.39, 0.29) is 0 Å². The molecule has 0 spiro atoms. The third kappa shape index (κ3) is 2.11. The smallest absolute Gasteiger partial charge is 0.161 e. The monoisotopic (exact) mass is 263 g/mol. The minimum absolute atomic E-state index is 0.569. The molecular formula is C17H17N3. The van der Waals surface area contributed by atoms with E-state index in [1.807, 2.05) is 25.1 Å². The second-order valence-corrected chi connectivity index (χ2v) is 4.92. The Bertz CT molecular complexity index is 778. The summed E-state index contributed by atoms with van der Waals surface area (Å²) in [6.07, 6.45) is 0.860. The fourth-order valence-corrected chi connectivity index (χ4v) is 2.38. The molecule has 2 N–H and O–H groups in total. The zero-order valence-electron chi connectivity index (χ0n) is 11.7. The van der Waals surface area contributed by atoms with Crippen LogP contribution in [0.5, 0.6) is 0 Å². The van der Waals surface area contributed by atoms with E-state index >= 15 is 0 Å². The van der Waals surface area contributed by atoms with Crippen LogP contribution in [0, 0.1) is 6.92 Å². The number of rotatable bonds is 2. The van der Waals surface area contributed by atoms with E-state index in [1.54, 1.807) is 0 Å². The molecule has 0 aliphatic heterocycles. The molecule has 0 unspecified atom stereocenters. The van der Waals surface area contributed by atoms with Gasteiger partial charge < -0.3 is 5.73 Å². The quantitative estimate of drug-likeness (QED) is 0.766. The van der Waals surface area contributed by atoms with Crippen LogP contribution in [0.15, 0.2) is 42.5 Å². The molecule has 100 valence electrons. The Hall–Kier alpha value is -2.42. The number of hydrogen-bond acceptors (Lipinski definition) is 3. The molecule has 0 saturated carbocycles. The summed E-state index contributed by atoms with van der Waals surface area (Å²) in [6, 6.07) is 14.5. The van der Waals surface area contributed by atoms with E-state index in [2.05, 4.69) is 41.2 Å². The third-order valence-electron chi connectivity index (χ3n) is 3.63. The van der Waals surface area contributed by atoms with E-state index in [1.165, 1.54) is 10.8 Å². The Kier molecular flexibility index (Phi) is 3.11. The van der Waals surface area contributed by atoms with Crippen molar-refractivity contribution in [3.63, 3.8) is 0 Å². The molecule has 0 aliphatic carbocycles. The second-order valence-electron chi connectivity index (χ2n) is 4.92. The summed E-state index contributed by atoms with van der Waals surface area (Å²) in [6.45, 7) is 4.05. The maximum atomic E-state index is 6.00. The Morgan fingerprint density at radius 1 is 1.00 bits per heavy atom.